The first-order valence-electron chi connectivity index (χ1n) is 8.92. The Balaban J connectivity index is 1.60. The molecule has 0 bridgehead atoms. The van der Waals surface area contributed by atoms with Crippen molar-refractivity contribution in [1.82, 2.24) is 14.9 Å². The molecule has 3 heterocycles. The summed E-state index contributed by atoms with van der Waals surface area (Å²) >= 11 is 5.91. The molecule has 1 spiro atoms. The van der Waals surface area contributed by atoms with Crippen LogP contribution in [0, 0.1) is 15.5 Å². The first kappa shape index (κ1) is 17.9. The summed E-state index contributed by atoms with van der Waals surface area (Å²) in [6.07, 6.45) is 3.43. The van der Waals surface area contributed by atoms with Gasteiger partial charge in [0.2, 0.25) is 11.8 Å². The van der Waals surface area contributed by atoms with Crippen molar-refractivity contribution in [1.29, 1.82) is 0 Å². The maximum atomic E-state index is 11.5. The van der Waals surface area contributed by atoms with E-state index in [2.05, 4.69) is 27.2 Å². The van der Waals surface area contributed by atoms with Crippen LogP contribution >= 0.6 is 11.6 Å². The van der Waals surface area contributed by atoms with Gasteiger partial charge in [-0.1, -0.05) is 11.6 Å². The first-order valence-corrected chi connectivity index (χ1v) is 9.29. The van der Waals surface area contributed by atoms with Gasteiger partial charge in [-0.05, 0) is 50.7 Å². The molecule has 0 aliphatic carbocycles. The van der Waals surface area contributed by atoms with E-state index in [0.29, 0.717) is 16.8 Å². The van der Waals surface area contributed by atoms with Crippen molar-refractivity contribution >= 4 is 34.7 Å². The van der Waals surface area contributed by atoms with Crippen molar-refractivity contribution in [3.8, 4) is 0 Å². The van der Waals surface area contributed by atoms with Crippen LogP contribution in [0.25, 0.3) is 0 Å². The van der Waals surface area contributed by atoms with E-state index in [9.17, 15) is 10.1 Å². The van der Waals surface area contributed by atoms with Gasteiger partial charge in [-0.3, -0.25) is 10.1 Å². The van der Waals surface area contributed by atoms with Crippen LogP contribution in [0.4, 0.5) is 23.1 Å². The highest BCUT2D eigenvalue weighted by Crippen LogP contribution is 2.42. The van der Waals surface area contributed by atoms with Crippen molar-refractivity contribution < 1.29 is 4.92 Å². The summed E-state index contributed by atoms with van der Waals surface area (Å²) < 4.78 is 0. The summed E-state index contributed by atoms with van der Waals surface area (Å²) in [4.78, 5) is 24.1. The quantitative estimate of drug-likeness (QED) is 0.635. The first-order chi connectivity index (χ1) is 12.9. The number of anilines is 3. The molecule has 2 aliphatic heterocycles. The van der Waals surface area contributed by atoms with Gasteiger partial charge in [0.1, 0.15) is 6.20 Å². The Bertz CT molecular complexity index is 861. The van der Waals surface area contributed by atoms with Gasteiger partial charge in [-0.25, -0.2) is 4.98 Å². The summed E-state index contributed by atoms with van der Waals surface area (Å²) in [6.45, 7) is 3.66. The Labute approximate surface area is 162 Å². The van der Waals surface area contributed by atoms with E-state index in [4.69, 9.17) is 11.6 Å². The number of aromatic nitrogens is 2. The second kappa shape index (κ2) is 6.94. The van der Waals surface area contributed by atoms with E-state index in [1.807, 2.05) is 17.0 Å². The Morgan fingerprint density at radius 2 is 1.96 bits per heavy atom. The minimum Gasteiger partial charge on any atom is -0.350 e. The molecular weight excluding hydrogens is 368 g/mol. The molecule has 2 aromatic rings. The molecule has 8 nitrogen and oxygen atoms in total. The van der Waals surface area contributed by atoms with Gasteiger partial charge in [-0.15, -0.1) is 0 Å². The number of halogens is 1. The van der Waals surface area contributed by atoms with E-state index in [-0.39, 0.29) is 11.1 Å². The van der Waals surface area contributed by atoms with Gasteiger partial charge < -0.3 is 15.1 Å². The molecule has 142 valence electrons. The molecular formula is C18H21ClN6O2. The number of likely N-dealkylation sites (tertiary alicyclic amines) is 1. The second-order valence-corrected chi connectivity index (χ2v) is 7.89. The third-order valence-corrected chi connectivity index (χ3v) is 5.67. The minimum absolute atomic E-state index is 0.0555. The Morgan fingerprint density at radius 1 is 1.22 bits per heavy atom. The minimum atomic E-state index is -0.410. The fourth-order valence-electron chi connectivity index (χ4n) is 4.06. The van der Waals surface area contributed by atoms with Crippen LogP contribution in [0.2, 0.25) is 5.02 Å². The number of rotatable bonds is 4. The van der Waals surface area contributed by atoms with Gasteiger partial charge in [0.15, 0.2) is 0 Å². The Hall–Kier alpha value is -2.45. The molecule has 1 unspecified atom stereocenters. The second-order valence-electron chi connectivity index (χ2n) is 7.45. The fourth-order valence-corrected chi connectivity index (χ4v) is 4.18. The van der Waals surface area contributed by atoms with E-state index in [1.165, 1.54) is 6.20 Å². The smallest absolute Gasteiger partial charge is 0.329 e. The SMILES string of the molecule is CN1CCC2(CCN(c3nc(Nc4ccc(Cl)cc4)ncc3[N+](=O)[O-])C2)C1. The number of nitrogens with zero attached hydrogens (tertiary/aromatic N) is 5. The zero-order valence-electron chi connectivity index (χ0n) is 15.1. The van der Waals surface area contributed by atoms with E-state index in [1.54, 1.807) is 12.1 Å². The highest BCUT2D eigenvalue weighted by molar-refractivity contribution is 6.30. The number of nitro groups is 1. The lowest BCUT2D eigenvalue weighted by molar-refractivity contribution is -0.384. The summed E-state index contributed by atoms with van der Waals surface area (Å²) in [7, 11) is 2.12. The average Bonchev–Trinajstić information content (AvgIpc) is 3.22. The van der Waals surface area contributed by atoms with Gasteiger partial charge >= 0.3 is 5.69 Å². The molecule has 9 heteroatoms. The van der Waals surface area contributed by atoms with Gasteiger partial charge in [-0.2, -0.15) is 4.98 Å². The molecule has 0 amide bonds. The lowest BCUT2D eigenvalue weighted by atomic mass is 9.86. The van der Waals surface area contributed by atoms with Gasteiger partial charge in [0, 0.05) is 35.8 Å². The molecule has 2 fully saturated rings. The molecule has 1 atom stereocenters. The van der Waals surface area contributed by atoms with Crippen molar-refractivity contribution in [2.75, 3.05) is 43.4 Å². The molecule has 2 aliphatic rings. The summed E-state index contributed by atoms with van der Waals surface area (Å²) in [5.41, 5.74) is 0.923. The van der Waals surface area contributed by atoms with Crippen LogP contribution in [0.15, 0.2) is 30.5 Å². The maximum Gasteiger partial charge on any atom is 0.329 e. The van der Waals surface area contributed by atoms with Crippen molar-refractivity contribution in [3.05, 3.63) is 45.6 Å². The Morgan fingerprint density at radius 3 is 2.63 bits per heavy atom. The predicted octanol–water partition coefficient (Wildman–Crippen LogP) is 3.31. The Kier molecular flexibility index (Phi) is 4.61. The molecule has 27 heavy (non-hydrogen) atoms. The van der Waals surface area contributed by atoms with Crippen LogP contribution in [-0.2, 0) is 0 Å². The zero-order chi connectivity index (χ0) is 19.0. The normalized spacial score (nSPS) is 22.5. The molecule has 0 radical (unpaired) electrons. The summed E-state index contributed by atoms with van der Waals surface area (Å²) in [5.74, 6) is 0.723. The van der Waals surface area contributed by atoms with Crippen molar-refractivity contribution in [2.45, 2.75) is 12.8 Å². The molecule has 4 rings (SSSR count). The predicted molar refractivity (Wildman–Crippen MR) is 105 cm³/mol. The third-order valence-electron chi connectivity index (χ3n) is 5.41. The fraction of sp³-hybridized carbons (Fsp3) is 0.444. The summed E-state index contributed by atoms with van der Waals surface area (Å²) in [6, 6.07) is 7.14. The monoisotopic (exact) mass is 388 g/mol. The van der Waals surface area contributed by atoms with Crippen LogP contribution in [0.1, 0.15) is 12.8 Å². The topological polar surface area (TPSA) is 87.4 Å². The van der Waals surface area contributed by atoms with Crippen LogP contribution in [0.5, 0.6) is 0 Å². The lowest BCUT2D eigenvalue weighted by Crippen LogP contribution is -2.30. The highest BCUT2D eigenvalue weighted by atomic mass is 35.5. The number of benzene rings is 1. The van der Waals surface area contributed by atoms with Crippen LogP contribution in [-0.4, -0.2) is 53.0 Å². The van der Waals surface area contributed by atoms with Crippen molar-refractivity contribution in [3.63, 3.8) is 0 Å². The molecule has 2 saturated heterocycles. The molecule has 0 saturated carbocycles. The lowest BCUT2D eigenvalue weighted by Gasteiger charge is -2.24. The van der Waals surface area contributed by atoms with Gasteiger partial charge in [0.25, 0.3) is 0 Å². The van der Waals surface area contributed by atoms with Crippen LogP contribution in [0.3, 0.4) is 0 Å². The van der Waals surface area contributed by atoms with Crippen molar-refractivity contribution in [2.24, 2.45) is 5.41 Å². The number of hydrogen-bond acceptors (Lipinski definition) is 7. The standard InChI is InChI=1S/C18H21ClN6O2/c1-23-8-6-18(11-23)7-9-24(12-18)16-15(25(26)27)10-20-17(22-16)21-14-4-2-13(19)3-5-14/h2-5,10H,6-9,11-12H2,1H3,(H,20,21,22). The zero-order valence-corrected chi connectivity index (χ0v) is 15.8. The van der Waals surface area contributed by atoms with Crippen LogP contribution < -0.4 is 10.2 Å². The van der Waals surface area contributed by atoms with Gasteiger partial charge in [0.05, 0.1) is 4.92 Å². The van der Waals surface area contributed by atoms with E-state index in [0.717, 1.165) is 44.7 Å². The number of hydrogen-bond donors (Lipinski definition) is 1. The maximum absolute atomic E-state index is 11.5. The van der Waals surface area contributed by atoms with E-state index >= 15 is 0 Å². The largest absolute Gasteiger partial charge is 0.350 e. The molecule has 1 N–H and O–H groups in total. The molecule has 1 aromatic heterocycles. The van der Waals surface area contributed by atoms with E-state index < -0.39 is 4.92 Å². The highest BCUT2D eigenvalue weighted by Gasteiger charge is 2.44. The molecule has 1 aromatic carbocycles. The number of nitrogens with one attached hydrogen (secondary N) is 1. The summed E-state index contributed by atoms with van der Waals surface area (Å²) in [5, 5.41) is 15.2. The third kappa shape index (κ3) is 3.68. The average molecular weight is 389 g/mol.